The van der Waals surface area contributed by atoms with E-state index in [-0.39, 0.29) is 5.69 Å². The van der Waals surface area contributed by atoms with Gasteiger partial charge in [0.2, 0.25) is 0 Å². The molecule has 0 bridgehead atoms. The molecule has 0 unspecified atom stereocenters. The zero-order valence-electron chi connectivity index (χ0n) is 10.3. The van der Waals surface area contributed by atoms with Crippen molar-refractivity contribution in [3.05, 3.63) is 41.2 Å². The van der Waals surface area contributed by atoms with Crippen LogP contribution in [0.5, 0.6) is 5.75 Å². The van der Waals surface area contributed by atoms with E-state index < -0.39 is 5.91 Å². The van der Waals surface area contributed by atoms with Gasteiger partial charge in [-0.25, -0.2) is 4.68 Å². The summed E-state index contributed by atoms with van der Waals surface area (Å²) in [4.78, 5) is 10.9. The molecule has 0 aliphatic rings. The van der Waals surface area contributed by atoms with Gasteiger partial charge in [-0.1, -0.05) is 22.9 Å². The van der Waals surface area contributed by atoms with Gasteiger partial charge in [0.05, 0.1) is 19.9 Å². The van der Waals surface area contributed by atoms with E-state index in [1.165, 1.54) is 6.20 Å². The maximum Gasteiger partial charge on any atom is 0.270 e. The highest BCUT2D eigenvalue weighted by Gasteiger charge is 2.09. The minimum atomic E-state index is -0.586. The van der Waals surface area contributed by atoms with Crippen LogP contribution < -0.4 is 10.5 Å². The fourth-order valence-electron chi connectivity index (χ4n) is 1.69. The summed E-state index contributed by atoms with van der Waals surface area (Å²) in [5, 5.41) is 7.54. The number of aryl methyl sites for hydroxylation is 1. The summed E-state index contributed by atoms with van der Waals surface area (Å²) in [5.41, 5.74) is 7.37. The SMILES string of the molecule is COc1ccc(C)cc1Cn1cc(C(N)=O)nn1. The molecule has 1 heterocycles. The Morgan fingerprint density at radius 1 is 1.50 bits per heavy atom. The van der Waals surface area contributed by atoms with Gasteiger partial charge < -0.3 is 10.5 Å². The van der Waals surface area contributed by atoms with Crippen molar-refractivity contribution in [2.45, 2.75) is 13.5 Å². The maximum absolute atomic E-state index is 10.9. The normalized spacial score (nSPS) is 10.3. The molecule has 0 fully saturated rings. The van der Waals surface area contributed by atoms with Crippen molar-refractivity contribution in [1.29, 1.82) is 0 Å². The number of methoxy groups -OCH3 is 1. The largest absolute Gasteiger partial charge is 0.496 e. The molecule has 1 amide bonds. The molecule has 18 heavy (non-hydrogen) atoms. The molecule has 0 saturated heterocycles. The van der Waals surface area contributed by atoms with Crippen molar-refractivity contribution in [1.82, 2.24) is 15.0 Å². The van der Waals surface area contributed by atoms with Crippen molar-refractivity contribution >= 4 is 5.91 Å². The first-order valence-corrected chi connectivity index (χ1v) is 5.43. The Morgan fingerprint density at radius 3 is 2.89 bits per heavy atom. The zero-order chi connectivity index (χ0) is 13.1. The molecule has 0 spiro atoms. The number of carbonyl (C=O) groups excluding carboxylic acids is 1. The Kier molecular flexibility index (Phi) is 3.27. The van der Waals surface area contributed by atoms with Crippen LogP contribution in [0.3, 0.4) is 0 Å². The molecule has 0 atom stereocenters. The number of amides is 1. The number of ether oxygens (including phenoxy) is 1. The third kappa shape index (κ3) is 2.48. The van der Waals surface area contributed by atoms with E-state index in [0.717, 1.165) is 16.9 Å². The number of rotatable bonds is 4. The molecule has 0 aliphatic heterocycles. The molecule has 1 aromatic carbocycles. The highest BCUT2D eigenvalue weighted by Crippen LogP contribution is 2.20. The molecular weight excluding hydrogens is 232 g/mol. The first-order valence-electron chi connectivity index (χ1n) is 5.43. The Bertz CT molecular complexity index is 577. The van der Waals surface area contributed by atoms with Crippen LogP contribution in [0.2, 0.25) is 0 Å². The predicted molar refractivity (Wildman–Crippen MR) is 65.4 cm³/mol. The lowest BCUT2D eigenvalue weighted by Gasteiger charge is -2.08. The molecule has 2 aromatic rings. The second-order valence-corrected chi connectivity index (χ2v) is 3.98. The summed E-state index contributed by atoms with van der Waals surface area (Å²) in [6.45, 7) is 2.48. The minimum Gasteiger partial charge on any atom is -0.496 e. The summed E-state index contributed by atoms with van der Waals surface area (Å²) in [5.74, 6) is 0.189. The van der Waals surface area contributed by atoms with E-state index in [1.807, 2.05) is 25.1 Å². The number of nitrogens with two attached hydrogens (primary N) is 1. The molecule has 6 heteroatoms. The van der Waals surface area contributed by atoms with Crippen LogP contribution in [-0.2, 0) is 6.54 Å². The van der Waals surface area contributed by atoms with Crippen LogP contribution in [0.25, 0.3) is 0 Å². The van der Waals surface area contributed by atoms with E-state index in [4.69, 9.17) is 10.5 Å². The van der Waals surface area contributed by atoms with Gasteiger partial charge in [-0.05, 0) is 13.0 Å². The Balaban J connectivity index is 2.27. The van der Waals surface area contributed by atoms with Crippen molar-refractivity contribution in [2.24, 2.45) is 5.73 Å². The van der Waals surface area contributed by atoms with Crippen molar-refractivity contribution < 1.29 is 9.53 Å². The van der Waals surface area contributed by atoms with Crippen molar-refractivity contribution in [2.75, 3.05) is 7.11 Å². The van der Waals surface area contributed by atoms with Gasteiger partial charge in [-0.3, -0.25) is 4.79 Å². The first kappa shape index (κ1) is 12.1. The van der Waals surface area contributed by atoms with Crippen LogP contribution in [-0.4, -0.2) is 28.0 Å². The summed E-state index contributed by atoms with van der Waals surface area (Å²) in [6, 6.07) is 5.87. The van der Waals surface area contributed by atoms with Crippen LogP contribution in [0.4, 0.5) is 0 Å². The molecule has 0 aliphatic carbocycles. The van der Waals surface area contributed by atoms with Gasteiger partial charge in [-0.15, -0.1) is 5.10 Å². The van der Waals surface area contributed by atoms with Crippen LogP contribution >= 0.6 is 0 Å². The Labute approximate surface area is 104 Å². The number of carbonyl (C=O) groups is 1. The number of hydrogen-bond donors (Lipinski definition) is 1. The lowest BCUT2D eigenvalue weighted by Crippen LogP contribution is -2.11. The minimum absolute atomic E-state index is 0.154. The second kappa shape index (κ2) is 4.87. The van der Waals surface area contributed by atoms with Crippen LogP contribution in [0.1, 0.15) is 21.6 Å². The lowest BCUT2D eigenvalue weighted by atomic mass is 10.1. The molecule has 1 aromatic heterocycles. The molecule has 0 radical (unpaired) electrons. The van der Waals surface area contributed by atoms with E-state index >= 15 is 0 Å². The molecule has 6 nitrogen and oxygen atoms in total. The molecule has 2 N–H and O–H groups in total. The van der Waals surface area contributed by atoms with Gasteiger partial charge in [0.15, 0.2) is 5.69 Å². The standard InChI is InChI=1S/C12H14N4O2/c1-8-3-4-11(18-2)9(5-8)6-16-7-10(12(13)17)14-15-16/h3-5,7H,6H2,1-2H3,(H2,13,17). The fourth-order valence-corrected chi connectivity index (χ4v) is 1.69. The number of aromatic nitrogens is 3. The third-order valence-electron chi connectivity index (χ3n) is 2.56. The summed E-state index contributed by atoms with van der Waals surface area (Å²) >= 11 is 0. The second-order valence-electron chi connectivity index (χ2n) is 3.98. The molecule has 2 rings (SSSR count). The first-order chi connectivity index (χ1) is 8.60. The number of nitrogens with zero attached hydrogens (tertiary/aromatic N) is 3. The van der Waals surface area contributed by atoms with Crippen LogP contribution in [0, 0.1) is 6.92 Å². The zero-order valence-corrected chi connectivity index (χ0v) is 10.3. The quantitative estimate of drug-likeness (QED) is 0.862. The van der Waals surface area contributed by atoms with E-state index in [9.17, 15) is 4.79 Å². The van der Waals surface area contributed by atoms with Gasteiger partial charge >= 0.3 is 0 Å². The van der Waals surface area contributed by atoms with E-state index in [2.05, 4.69) is 10.3 Å². The topological polar surface area (TPSA) is 83.0 Å². The number of primary amides is 1. The van der Waals surface area contributed by atoms with Crippen LogP contribution in [0.15, 0.2) is 24.4 Å². The van der Waals surface area contributed by atoms with Gasteiger partial charge in [0, 0.05) is 5.56 Å². The van der Waals surface area contributed by atoms with E-state index in [0.29, 0.717) is 6.54 Å². The molecular formula is C12H14N4O2. The number of hydrogen-bond acceptors (Lipinski definition) is 4. The molecule has 0 saturated carbocycles. The van der Waals surface area contributed by atoms with Gasteiger partial charge in [0.1, 0.15) is 5.75 Å². The predicted octanol–water partition coefficient (Wildman–Crippen LogP) is 0.742. The smallest absolute Gasteiger partial charge is 0.270 e. The molecule has 94 valence electrons. The summed E-state index contributed by atoms with van der Waals surface area (Å²) in [7, 11) is 1.62. The van der Waals surface area contributed by atoms with Gasteiger partial charge in [0.25, 0.3) is 5.91 Å². The lowest BCUT2D eigenvalue weighted by molar-refractivity contribution is 0.0995. The Hall–Kier alpha value is -2.37. The monoisotopic (exact) mass is 246 g/mol. The average molecular weight is 246 g/mol. The third-order valence-corrected chi connectivity index (χ3v) is 2.56. The maximum atomic E-state index is 10.9. The summed E-state index contributed by atoms with van der Waals surface area (Å²) in [6.07, 6.45) is 1.52. The fraction of sp³-hybridized carbons (Fsp3) is 0.250. The van der Waals surface area contributed by atoms with Crippen molar-refractivity contribution in [3.63, 3.8) is 0 Å². The highest BCUT2D eigenvalue weighted by atomic mass is 16.5. The highest BCUT2D eigenvalue weighted by molar-refractivity contribution is 5.90. The van der Waals surface area contributed by atoms with Crippen molar-refractivity contribution in [3.8, 4) is 5.75 Å². The summed E-state index contributed by atoms with van der Waals surface area (Å²) < 4.78 is 6.83. The number of benzene rings is 1. The average Bonchev–Trinajstić information content (AvgIpc) is 2.78. The van der Waals surface area contributed by atoms with E-state index in [1.54, 1.807) is 11.8 Å². The Morgan fingerprint density at radius 2 is 2.28 bits per heavy atom. The van der Waals surface area contributed by atoms with Gasteiger partial charge in [-0.2, -0.15) is 0 Å².